The lowest BCUT2D eigenvalue weighted by molar-refractivity contribution is -0.118. The van der Waals surface area contributed by atoms with Crippen LogP contribution in [0, 0.1) is 0 Å². The molecule has 110 valence electrons. The molecule has 0 fully saturated rings. The summed E-state index contributed by atoms with van der Waals surface area (Å²) in [7, 11) is 0. The summed E-state index contributed by atoms with van der Waals surface area (Å²) < 4.78 is 4.96. The summed E-state index contributed by atoms with van der Waals surface area (Å²) in [6, 6.07) is 2.72. The molecule has 0 spiro atoms. The van der Waals surface area contributed by atoms with Gasteiger partial charge in [0.1, 0.15) is 0 Å². The number of hydrogen-bond donors (Lipinski definition) is 3. The number of rotatable bonds is 6. The third-order valence-corrected chi connectivity index (χ3v) is 2.80. The highest BCUT2D eigenvalue weighted by Crippen LogP contribution is 2.30. The van der Waals surface area contributed by atoms with Gasteiger partial charge in [-0.25, -0.2) is 4.79 Å². The van der Waals surface area contributed by atoms with Gasteiger partial charge in [0.2, 0.25) is 5.91 Å². The molecule has 1 aromatic rings. The highest BCUT2D eigenvalue weighted by Gasteiger charge is 2.18. The Morgan fingerprint density at radius 2 is 2.10 bits per heavy atom. The van der Waals surface area contributed by atoms with Crippen LogP contribution in [0.1, 0.15) is 30.6 Å². The predicted molar refractivity (Wildman–Crippen MR) is 78.7 cm³/mol. The van der Waals surface area contributed by atoms with Crippen molar-refractivity contribution in [3.63, 3.8) is 0 Å². The van der Waals surface area contributed by atoms with Crippen molar-refractivity contribution in [2.75, 3.05) is 17.7 Å². The molecule has 0 radical (unpaired) electrons. The van der Waals surface area contributed by atoms with Gasteiger partial charge in [0.25, 0.3) is 0 Å². The van der Waals surface area contributed by atoms with Crippen molar-refractivity contribution in [2.45, 2.75) is 26.3 Å². The number of primary amides is 1. The number of carbonyl (C=O) groups excluding carboxylic acids is 2. The molecule has 1 amide bonds. The minimum absolute atomic E-state index is 0.114. The number of ether oxygens (including phenoxy) is 1. The molecule has 7 heteroatoms. The summed E-state index contributed by atoms with van der Waals surface area (Å²) in [4.78, 5) is 22.8. The van der Waals surface area contributed by atoms with E-state index in [-0.39, 0.29) is 29.7 Å². The first-order valence-electron chi connectivity index (χ1n) is 6.16. The first-order chi connectivity index (χ1) is 9.35. The van der Waals surface area contributed by atoms with Gasteiger partial charge in [-0.2, -0.15) is 0 Å². The molecule has 0 heterocycles. The van der Waals surface area contributed by atoms with Crippen LogP contribution in [0.3, 0.4) is 0 Å². The van der Waals surface area contributed by atoms with Crippen molar-refractivity contribution in [3.8, 4) is 0 Å². The largest absolute Gasteiger partial charge is 0.462 e. The van der Waals surface area contributed by atoms with Crippen LogP contribution >= 0.6 is 11.6 Å². The number of esters is 1. The number of anilines is 2. The van der Waals surface area contributed by atoms with E-state index in [9.17, 15) is 9.59 Å². The minimum atomic E-state index is -0.532. The number of halogens is 1. The van der Waals surface area contributed by atoms with Crippen molar-refractivity contribution in [1.29, 1.82) is 0 Å². The van der Waals surface area contributed by atoms with E-state index in [4.69, 9.17) is 27.8 Å². The molecule has 20 heavy (non-hydrogen) atoms. The van der Waals surface area contributed by atoms with Crippen molar-refractivity contribution in [2.24, 2.45) is 5.73 Å². The Labute approximate surface area is 122 Å². The van der Waals surface area contributed by atoms with Crippen molar-refractivity contribution >= 4 is 34.9 Å². The SMILES string of the molecule is CCOC(=O)c1cc(N)cc(Cl)c1NC(C)CC(N)=O. The maximum atomic E-state index is 11.9. The van der Waals surface area contributed by atoms with Crippen molar-refractivity contribution in [3.05, 3.63) is 22.7 Å². The summed E-state index contributed by atoms with van der Waals surface area (Å²) in [5, 5.41) is 3.27. The van der Waals surface area contributed by atoms with Crippen LogP contribution in [0.5, 0.6) is 0 Å². The van der Waals surface area contributed by atoms with Gasteiger partial charge in [0.05, 0.1) is 22.9 Å². The molecule has 0 aliphatic rings. The van der Waals surface area contributed by atoms with E-state index in [1.54, 1.807) is 13.8 Å². The second-order valence-corrected chi connectivity index (χ2v) is 4.77. The topological polar surface area (TPSA) is 107 Å². The maximum Gasteiger partial charge on any atom is 0.340 e. The van der Waals surface area contributed by atoms with Crippen LogP contribution in [-0.4, -0.2) is 24.5 Å². The second kappa shape index (κ2) is 7.00. The van der Waals surface area contributed by atoms with Gasteiger partial charge in [0.15, 0.2) is 0 Å². The number of nitrogens with one attached hydrogen (secondary N) is 1. The van der Waals surface area contributed by atoms with Gasteiger partial charge in [-0.1, -0.05) is 11.6 Å². The van der Waals surface area contributed by atoms with Gasteiger partial charge < -0.3 is 21.5 Å². The minimum Gasteiger partial charge on any atom is -0.462 e. The monoisotopic (exact) mass is 299 g/mol. The van der Waals surface area contributed by atoms with E-state index in [0.29, 0.717) is 11.4 Å². The molecular weight excluding hydrogens is 282 g/mol. The maximum absolute atomic E-state index is 11.9. The molecule has 0 aromatic heterocycles. The van der Waals surface area contributed by atoms with E-state index in [0.717, 1.165) is 0 Å². The average molecular weight is 300 g/mol. The van der Waals surface area contributed by atoms with Crippen LogP contribution in [0.15, 0.2) is 12.1 Å². The zero-order valence-electron chi connectivity index (χ0n) is 11.4. The van der Waals surface area contributed by atoms with Crippen molar-refractivity contribution in [1.82, 2.24) is 0 Å². The molecule has 0 saturated heterocycles. The highest BCUT2D eigenvalue weighted by atomic mass is 35.5. The lowest BCUT2D eigenvalue weighted by atomic mass is 10.1. The number of amides is 1. The molecule has 0 aliphatic heterocycles. The normalized spacial score (nSPS) is 11.8. The van der Waals surface area contributed by atoms with Gasteiger partial charge in [-0.15, -0.1) is 0 Å². The second-order valence-electron chi connectivity index (χ2n) is 4.36. The number of nitrogens with two attached hydrogens (primary N) is 2. The summed E-state index contributed by atoms with van der Waals surface area (Å²) in [6.07, 6.45) is 0.114. The lowest BCUT2D eigenvalue weighted by Gasteiger charge is -2.18. The fraction of sp³-hybridized carbons (Fsp3) is 0.385. The summed E-state index contributed by atoms with van der Waals surface area (Å²) in [6.45, 7) is 3.70. The van der Waals surface area contributed by atoms with Gasteiger partial charge >= 0.3 is 5.97 Å². The number of benzene rings is 1. The Bertz CT molecular complexity index is 520. The molecule has 0 saturated carbocycles. The first kappa shape index (κ1) is 16.1. The van der Waals surface area contributed by atoms with Gasteiger partial charge in [0, 0.05) is 18.2 Å². The Morgan fingerprint density at radius 3 is 2.65 bits per heavy atom. The number of hydrogen-bond acceptors (Lipinski definition) is 5. The fourth-order valence-electron chi connectivity index (χ4n) is 1.74. The third kappa shape index (κ3) is 4.31. The third-order valence-electron chi connectivity index (χ3n) is 2.51. The molecule has 5 N–H and O–H groups in total. The summed E-state index contributed by atoms with van der Waals surface area (Å²) in [5.41, 5.74) is 11.8. The highest BCUT2D eigenvalue weighted by molar-refractivity contribution is 6.34. The lowest BCUT2D eigenvalue weighted by Crippen LogP contribution is -2.25. The molecule has 1 aromatic carbocycles. The summed E-state index contributed by atoms with van der Waals surface area (Å²) >= 11 is 6.09. The Balaban J connectivity index is 3.09. The molecular formula is C13H18ClN3O3. The Kier molecular flexibility index (Phi) is 5.64. The smallest absolute Gasteiger partial charge is 0.340 e. The van der Waals surface area contributed by atoms with Crippen LogP contribution in [0.2, 0.25) is 5.02 Å². The molecule has 6 nitrogen and oxygen atoms in total. The van der Waals surface area contributed by atoms with E-state index in [2.05, 4.69) is 5.32 Å². The molecule has 1 unspecified atom stereocenters. The molecule has 1 rings (SSSR count). The van der Waals surface area contributed by atoms with Crippen LogP contribution < -0.4 is 16.8 Å². The predicted octanol–water partition coefficient (Wildman–Crippen LogP) is 1.77. The molecule has 1 atom stereocenters. The Hall–Kier alpha value is -1.95. The first-order valence-corrected chi connectivity index (χ1v) is 6.53. The zero-order chi connectivity index (χ0) is 15.3. The van der Waals surface area contributed by atoms with Crippen LogP contribution in [0.4, 0.5) is 11.4 Å². The Morgan fingerprint density at radius 1 is 1.45 bits per heavy atom. The number of nitrogen functional groups attached to an aromatic ring is 1. The average Bonchev–Trinajstić information content (AvgIpc) is 2.31. The van der Waals surface area contributed by atoms with Crippen molar-refractivity contribution < 1.29 is 14.3 Å². The zero-order valence-corrected chi connectivity index (χ0v) is 12.2. The quantitative estimate of drug-likeness (QED) is 0.548. The van der Waals surface area contributed by atoms with Crippen LogP contribution in [-0.2, 0) is 9.53 Å². The standard InChI is InChI=1S/C13H18ClN3O3/c1-3-20-13(19)9-5-8(15)6-10(14)12(9)17-7(2)4-11(16)18/h5-7,17H,3-4,15H2,1-2H3,(H2,16,18). The van der Waals surface area contributed by atoms with Gasteiger partial charge in [-0.3, -0.25) is 4.79 Å². The fourth-order valence-corrected chi connectivity index (χ4v) is 2.03. The van der Waals surface area contributed by atoms with E-state index < -0.39 is 11.9 Å². The summed E-state index contributed by atoms with van der Waals surface area (Å²) in [5.74, 6) is -0.982. The van der Waals surface area contributed by atoms with E-state index in [1.807, 2.05) is 0 Å². The van der Waals surface area contributed by atoms with E-state index in [1.165, 1.54) is 12.1 Å². The van der Waals surface area contributed by atoms with Crippen LogP contribution in [0.25, 0.3) is 0 Å². The van der Waals surface area contributed by atoms with E-state index >= 15 is 0 Å². The molecule has 0 aliphatic carbocycles. The molecule has 0 bridgehead atoms. The number of carbonyl (C=O) groups is 2. The van der Waals surface area contributed by atoms with Gasteiger partial charge in [-0.05, 0) is 26.0 Å².